The van der Waals surface area contributed by atoms with Crippen molar-refractivity contribution in [2.24, 2.45) is 0 Å². The van der Waals surface area contributed by atoms with Gasteiger partial charge >= 0.3 is 0 Å². The van der Waals surface area contributed by atoms with Gasteiger partial charge in [-0.3, -0.25) is 4.79 Å². The molecule has 1 aromatic heterocycles. The van der Waals surface area contributed by atoms with Crippen LogP contribution in [-0.4, -0.2) is 5.91 Å². The number of rotatable bonds is 5. The van der Waals surface area contributed by atoms with Crippen molar-refractivity contribution in [3.05, 3.63) is 82.0 Å². The van der Waals surface area contributed by atoms with Crippen molar-refractivity contribution in [2.45, 2.75) is 26.3 Å². The number of furan rings is 1. The third-order valence-corrected chi connectivity index (χ3v) is 4.58. The molecule has 0 aliphatic rings. The van der Waals surface area contributed by atoms with Crippen LogP contribution in [0.2, 0.25) is 0 Å². The summed E-state index contributed by atoms with van der Waals surface area (Å²) in [5.41, 5.74) is 2.89. The van der Waals surface area contributed by atoms with Gasteiger partial charge in [0.05, 0.1) is 6.54 Å². The minimum atomic E-state index is -0.100. The third-order valence-electron chi connectivity index (χ3n) is 4.05. The molecule has 25 heavy (non-hydrogen) atoms. The van der Waals surface area contributed by atoms with Gasteiger partial charge < -0.3 is 9.73 Å². The van der Waals surface area contributed by atoms with Gasteiger partial charge in [0.1, 0.15) is 11.5 Å². The SMILES string of the molecule is CC(C)c1ccc(C(=O)NCc2ccc(-c3ccc(Br)cc3)o2)cc1. The second kappa shape index (κ2) is 7.70. The Hall–Kier alpha value is -2.33. The first-order valence-corrected chi connectivity index (χ1v) is 9.05. The number of carbonyl (C=O) groups is 1. The normalized spacial score (nSPS) is 10.9. The molecule has 3 aromatic rings. The van der Waals surface area contributed by atoms with Gasteiger partial charge in [-0.2, -0.15) is 0 Å². The monoisotopic (exact) mass is 397 g/mol. The highest BCUT2D eigenvalue weighted by Crippen LogP contribution is 2.24. The third kappa shape index (κ3) is 4.40. The molecule has 0 bridgehead atoms. The van der Waals surface area contributed by atoms with E-state index in [0.717, 1.165) is 21.6 Å². The second-order valence-electron chi connectivity index (χ2n) is 6.23. The predicted octanol–water partition coefficient (Wildman–Crippen LogP) is 5.76. The Kier molecular flexibility index (Phi) is 5.39. The van der Waals surface area contributed by atoms with E-state index in [-0.39, 0.29) is 5.91 Å². The summed E-state index contributed by atoms with van der Waals surface area (Å²) in [6, 6.07) is 19.4. The molecule has 3 nitrogen and oxygen atoms in total. The quantitative estimate of drug-likeness (QED) is 0.594. The predicted molar refractivity (Wildman–Crippen MR) is 104 cm³/mol. The Morgan fingerprint density at radius 2 is 1.68 bits per heavy atom. The fraction of sp³-hybridized carbons (Fsp3) is 0.190. The molecule has 0 spiro atoms. The van der Waals surface area contributed by atoms with Crippen LogP contribution in [0.4, 0.5) is 0 Å². The minimum Gasteiger partial charge on any atom is -0.459 e. The van der Waals surface area contributed by atoms with Crippen LogP contribution in [0.1, 0.15) is 41.4 Å². The van der Waals surface area contributed by atoms with Crippen LogP contribution in [0.5, 0.6) is 0 Å². The van der Waals surface area contributed by atoms with Gasteiger partial charge in [0.25, 0.3) is 5.91 Å². The second-order valence-corrected chi connectivity index (χ2v) is 7.15. The van der Waals surface area contributed by atoms with Gasteiger partial charge in [0.15, 0.2) is 0 Å². The van der Waals surface area contributed by atoms with E-state index >= 15 is 0 Å². The summed E-state index contributed by atoms with van der Waals surface area (Å²) in [6.07, 6.45) is 0. The van der Waals surface area contributed by atoms with E-state index in [1.165, 1.54) is 5.56 Å². The molecular formula is C21H20BrNO2. The fourth-order valence-corrected chi connectivity index (χ4v) is 2.80. The van der Waals surface area contributed by atoms with E-state index in [1.54, 1.807) is 0 Å². The summed E-state index contributed by atoms with van der Waals surface area (Å²) in [5, 5.41) is 2.90. The molecule has 1 heterocycles. The Labute approximate surface area is 156 Å². The van der Waals surface area contributed by atoms with Crippen LogP contribution in [0.15, 0.2) is 69.6 Å². The maximum atomic E-state index is 12.3. The van der Waals surface area contributed by atoms with Crippen LogP contribution in [0.3, 0.4) is 0 Å². The first kappa shape index (κ1) is 17.5. The zero-order valence-corrected chi connectivity index (χ0v) is 15.8. The van der Waals surface area contributed by atoms with Gasteiger partial charge in [-0.25, -0.2) is 0 Å². The largest absolute Gasteiger partial charge is 0.459 e. The van der Waals surface area contributed by atoms with Crippen molar-refractivity contribution in [1.82, 2.24) is 5.32 Å². The summed E-state index contributed by atoms with van der Waals surface area (Å²) in [6.45, 7) is 4.63. The summed E-state index contributed by atoms with van der Waals surface area (Å²) in [5.74, 6) is 1.87. The molecule has 0 aliphatic carbocycles. The average Bonchev–Trinajstić information content (AvgIpc) is 3.09. The molecule has 0 saturated carbocycles. The molecule has 0 aliphatic heterocycles. The van der Waals surface area contributed by atoms with Gasteiger partial charge in [-0.1, -0.05) is 54.0 Å². The molecule has 0 unspecified atom stereocenters. The molecule has 4 heteroatoms. The molecule has 0 saturated heterocycles. The maximum absolute atomic E-state index is 12.3. The molecule has 0 fully saturated rings. The van der Waals surface area contributed by atoms with Crippen molar-refractivity contribution < 1.29 is 9.21 Å². The summed E-state index contributed by atoms with van der Waals surface area (Å²) in [7, 11) is 0. The van der Waals surface area contributed by atoms with E-state index in [0.29, 0.717) is 18.0 Å². The van der Waals surface area contributed by atoms with E-state index in [4.69, 9.17) is 4.42 Å². The zero-order valence-electron chi connectivity index (χ0n) is 14.3. The number of benzene rings is 2. The Morgan fingerprint density at radius 1 is 1.00 bits per heavy atom. The van der Waals surface area contributed by atoms with Crippen molar-refractivity contribution in [3.63, 3.8) is 0 Å². The van der Waals surface area contributed by atoms with E-state index in [9.17, 15) is 4.79 Å². The van der Waals surface area contributed by atoms with Crippen LogP contribution < -0.4 is 5.32 Å². The molecule has 1 N–H and O–H groups in total. The average molecular weight is 398 g/mol. The Balaban J connectivity index is 1.61. The van der Waals surface area contributed by atoms with Crippen LogP contribution in [0.25, 0.3) is 11.3 Å². The van der Waals surface area contributed by atoms with E-state index in [2.05, 4.69) is 35.1 Å². The topological polar surface area (TPSA) is 42.2 Å². The molecule has 1 amide bonds. The molecular weight excluding hydrogens is 378 g/mol. The highest BCUT2D eigenvalue weighted by molar-refractivity contribution is 9.10. The highest BCUT2D eigenvalue weighted by atomic mass is 79.9. The Morgan fingerprint density at radius 3 is 2.32 bits per heavy atom. The lowest BCUT2D eigenvalue weighted by molar-refractivity contribution is 0.0948. The van der Waals surface area contributed by atoms with Crippen LogP contribution in [0, 0.1) is 0 Å². The van der Waals surface area contributed by atoms with E-state index < -0.39 is 0 Å². The van der Waals surface area contributed by atoms with Gasteiger partial charge in [-0.15, -0.1) is 0 Å². The number of hydrogen-bond donors (Lipinski definition) is 1. The number of nitrogens with one attached hydrogen (secondary N) is 1. The van der Waals surface area contributed by atoms with Gasteiger partial charge in [0, 0.05) is 15.6 Å². The van der Waals surface area contributed by atoms with Crippen molar-refractivity contribution >= 4 is 21.8 Å². The van der Waals surface area contributed by atoms with Crippen LogP contribution >= 0.6 is 15.9 Å². The van der Waals surface area contributed by atoms with Gasteiger partial charge in [-0.05, 0) is 47.9 Å². The van der Waals surface area contributed by atoms with Crippen LogP contribution in [-0.2, 0) is 6.54 Å². The lowest BCUT2D eigenvalue weighted by Crippen LogP contribution is -2.22. The Bertz CT molecular complexity index is 848. The summed E-state index contributed by atoms with van der Waals surface area (Å²) >= 11 is 3.42. The lowest BCUT2D eigenvalue weighted by atomic mass is 10.0. The van der Waals surface area contributed by atoms with Crippen molar-refractivity contribution in [1.29, 1.82) is 0 Å². The number of hydrogen-bond acceptors (Lipinski definition) is 2. The smallest absolute Gasteiger partial charge is 0.251 e. The number of amides is 1. The first-order valence-electron chi connectivity index (χ1n) is 8.26. The standard InChI is InChI=1S/C21H20BrNO2/c1-14(2)15-3-5-17(6-4-15)21(24)23-13-19-11-12-20(25-19)16-7-9-18(22)10-8-16/h3-12,14H,13H2,1-2H3,(H,23,24). The fourth-order valence-electron chi connectivity index (χ4n) is 2.53. The zero-order chi connectivity index (χ0) is 17.8. The molecule has 2 aromatic carbocycles. The number of carbonyl (C=O) groups excluding carboxylic acids is 1. The maximum Gasteiger partial charge on any atom is 0.251 e. The summed E-state index contributed by atoms with van der Waals surface area (Å²) in [4.78, 5) is 12.3. The lowest BCUT2D eigenvalue weighted by Gasteiger charge is -2.07. The molecule has 128 valence electrons. The minimum absolute atomic E-state index is 0.100. The molecule has 0 atom stereocenters. The van der Waals surface area contributed by atoms with E-state index in [1.807, 2.05) is 60.7 Å². The molecule has 3 rings (SSSR count). The van der Waals surface area contributed by atoms with Crippen molar-refractivity contribution in [3.8, 4) is 11.3 Å². The highest BCUT2D eigenvalue weighted by Gasteiger charge is 2.09. The number of halogens is 1. The first-order chi connectivity index (χ1) is 12.0. The van der Waals surface area contributed by atoms with Gasteiger partial charge in [0.2, 0.25) is 0 Å². The van der Waals surface area contributed by atoms with Crippen molar-refractivity contribution in [2.75, 3.05) is 0 Å². The molecule has 0 radical (unpaired) electrons. The summed E-state index contributed by atoms with van der Waals surface area (Å²) < 4.78 is 6.84.